The van der Waals surface area contributed by atoms with Crippen LogP contribution in [0.2, 0.25) is 0 Å². The van der Waals surface area contributed by atoms with Gasteiger partial charge in [0.05, 0.1) is 12.0 Å². The maximum atomic E-state index is 4.33. The first-order valence-electron chi connectivity index (χ1n) is 7.57. The van der Waals surface area contributed by atoms with E-state index in [0.29, 0.717) is 5.54 Å². The van der Waals surface area contributed by atoms with Gasteiger partial charge in [-0.05, 0) is 38.6 Å². The minimum absolute atomic E-state index is 0.301. The van der Waals surface area contributed by atoms with E-state index >= 15 is 0 Å². The van der Waals surface area contributed by atoms with E-state index in [2.05, 4.69) is 40.5 Å². The van der Waals surface area contributed by atoms with Gasteiger partial charge >= 0.3 is 0 Å². The van der Waals surface area contributed by atoms with Crippen LogP contribution in [-0.4, -0.2) is 39.6 Å². The van der Waals surface area contributed by atoms with E-state index in [1.807, 2.05) is 12.5 Å². The Morgan fingerprint density at radius 1 is 1.42 bits per heavy atom. The van der Waals surface area contributed by atoms with Gasteiger partial charge in [-0.1, -0.05) is 6.92 Å². The molecular weight excluding hydrogens is 236 g/mol. The number of fused-ring (bicyclic) bond motifs is 1. The van der Waals surface area contributed by atoms with Crippen LogP contribution in [0, 0.1) is 11.8 Å². The molecule has 0 aliphatic carbocycles. The first-order chi connectivity index (χ1) is 9.13. The number of nitrogens with one attached hydrogen (secondary N) is 1. The molecular formula is C15H26N4. The van der Waals surface area contributed by atoms with Crippen molar-refractivity contribution in [2.75, 3.05) is 19.6 Å². The van der Waals surface area contributed by atoms with Gasteiger partial charge in [0.1, 0.15) is 0 Å². The molecule has 2 unspecified atom stereocenters. The van der Waals surface area contributed by atoms with E-state index < -0.39 is 0 Å². The summed E-state index contributed by atoms with van der Waals surface area (Å²) in [5.74, 6) is 1.63. The number of aryl methyl sites for hydroxylation is 1. The summed E-state index contributed by atoms with van der Waals surface area (Å²) in [5, 5.41) is 3.55. The van der Waals surface area contributed by atoms with Crippen molar-refractivity contribution >= 4 is 0 Å². The van der Waals surface area contributed by atoms with Crippen molar-refractivity contribution in [1.29, 1.82) is 0 Å². The zero-order valence-electron chi connectivity index (χ0n) is 12.4. The molecule has 0 amide bonds. The van der Waals surface area contributed by atoms with Crippen LogP contribution in [0.15, 0.2) is 12.5 Å². The van der Waals surface area contributed by atoms with E-state index in [1.54, 1.807) is 0 Å². The molecule has 1 N–H and O–H groups in total. The van der Waals surface area contributed by atoms with Gasteiger partial charge in [0, 0.05) is 37.9 Å². The lowest BCUT2D eigenvalue weighted by Crippen LogP contribution is -2.44. The second kappa shape index (κ2) is 4.91. The lowest BCUT2D eigenvalue weighted by atomic mass is 9.85. The van der Waals surface area contributed by atoms with E-state index in [1.165, 1.54) is 31.7 Å². The van der Waals surface area contributed by atoms with Gasteiger partial charge in [0.2, 0.25) is 0 Å². The van der Waals surface area contributed by atoms with Gasteiger partial charge in [0.25, 0.3) is 0 Å². The zero-order chi connectivity index (χ0) is 13.5. The molecule has 1 aromatic rings. The standard InChI is InChI=1S/C15H26N4/c1-4-5-18-11-17-7-13(18)10-19-9-12-6-16-8-14(12)15(19,2)3/h7,11-12,14,16H,4-6,8-10H2,1-3H3. The predicted octanol–water partition coefficient (Wildman–Crippen LogP) is 1.72. The predicted molar refractivity (Wildman–Crippen MR) is 76.9 cm³/mol. The Kier molecular flexibility index (Phi) is 3.39. The molecule has 3 heterocycles. The third-order valence-electron chi connectivity index (χ3n) is 5.13. The third kappa shape index (κ3) is 2.21. The Hall–Kier alpha value is -0.870. The fourth-order valence-electron chi connectivity index (χ4n) is 3.89. The van der Waals surface area contributed by atoms with Crippen molar-refractivity contribution in [2.45, 2.75) is 45.8 Å². The maximum absolute atomic E-state index is 4.33. The van der Waals surface area contributed by atoms with Crippen LogP contribution in [-0.2, 0) is 13.1 Å². The van der Waals surface area contributed by atoms with Crippen molar-refractivity contribution in [3.8, 4) is 0 Å². The van der Waals surface area contributed by atoms with Crippen molar-refractivity contribution in [2.24, 2.45) is 11.8 Å². The molecule has 1 aromatic heterocycles. The van der Waals surface area contributed by atoms with Crippen LogP contribution >= 0.6 is 0 Å². The van der Waals surface area contributed by atoms with E-state index in [9.17, 15) is 0 Å². The van der Waals surface area contributed by atoms with Gasteiger partial charge in [-0.2, -0.15) is 0 Å². The zero-order valence-corrected chi connectivity index (χ0v) is 12.4. The van der Waals surface area contributed by atoms with Crippen LogP contribution in [0.1, 0.15) is 32.9 Å². The maximum Gasteiger partial charge on any atom is 0.0948 e. The minimum Gasteiger partial charge on any atom is -0.333 e. The number of nitrogens with zero attached hydrogens (tertiary/aromatic N) is 3. The smallest absolute Gasteiger partial charge is 0.0948 e. The first-order valence-corrected chi connectivity index (χ1v) is 7.57. The summed E-state index contributed by atoms with van der Waals surface area (Å²) in [6, 6.07) is 0. The number of aromatic nitrogens is 2. The van der Waals surface area contributed by atoms with Gasteiger partial charge in [-0.3, -0.25) is 4.90 Å². The molecule has 2 fully saturated rings. The molecule has 19 heavy (non-hydrogen) atoms. The van der Waals surface area contributed by atoms with Gasteiger partial charge in [-0.15, -0.1) is 0 Å². The summed E-state index contributed by atoms with van der Waals surface area (Å²) < 4.78 is 2.31. The summed E-state index contributed by atoms with van der Waals surface area (Å²) >= 11 is 0. The Balaban J connectivity index is 1.75. The fourth-order valence-corrected chi connectivity index (χ4v) is 3.89. The molecule has 4 nitrogen and oxygen atoms in total. The van der Waals surface area contributed by atoms with E-state index in [0.717, 1.165) is 24.9 Å². The number of hydrogen-bond donors (Lipinski definition) is 1. The Morgan fingerprint density at radius 3 is 3.00 bits per heavy atom. The normalized spacial score (nSPS) is 29.8. The monoisotopic (exact) mass is 262 g/mol. The molecule has 2 aliphatic rings. The lowest BCUT2D eigenvalue weighted by molar-refractivity contribution is 0.129. The van der Waals surface area contributed by atoms with E-state index in [-0.39, 0.29) is 0 Å². The summed E-state index contributed by atoms with van der Waals surface area (Å²) in [7, 11) is 0. The summed E-state index contributed by atoms with van der Waals surface area (Å²) in [6.07, 6.45) is 5.18. The van der Waals surface area contributed by atoms with Gasteiger partial charge in [-0.25, -0.2) is 4.98 Å². The SMILES string of the molecule is CCCn1cncc1CN1CC2CNCC2C1(C)C. The number of imidazole rings is 1. The summed E-state index contributed by atoms with van der Waals surface area (Å²) in [6.45, 7) is 12.8. The van der Waals surface area contributed by atoms with Crippen LogP contribution in [0.25, 0.3) is 0 Å². The van der Waals surface area contributed by atoms with Crippen molar-refractivity contribution in [1.82, 2.24) is 19.8 Å². The third-order valence-corrected chi connectivity index (χ3v) is 5.13. The quantitative estimate of drug-likeness (QED) is 0.897. The molecule has 0 saturated carbocycles. The molecule has 3 rings (SSSR count). The lowest BCUT2D eigenvalue weighted by Gasteiger charge is -2.35. The minimum atomic E-state index is 0.301. The van der Waals surface area contributed by atoms with Crippen LogP contribution in [0.4, 0.5) is 0 Å². The van der Waals surface area contributed by atoms with Gasteiger partial charge < -0.3 is 9.88 Å². The molecule has 0 bridgehead atoms. The number of likely N-dealkylation sites (tertiary alicyclic amines) is 1. The van der Waals surface area contributed by atoms with Crippen LogP contribution in [0.5, 0.6) is 0 Å². The van der Waals surface area contributed by atoms with Crippen molar-refractivity contribution in [3.05, 3.63) is 18.2 Å². The summed E-state index contributed by atoms with van der Waals surface area (Å²) in [4.78, 5) is 6.99. The molecule has 0 spiro atoms. The second-order valence-corrected chi connectivity index (χ2v) is 6.64. The molecule has 2 saturated heterocycles. The molecule has 2 atom stereocenters. The van der Waals surface area contributed by atoms with Crippen molar-refractivity contribution in [3.63, 3.8) is 0 Å². The molecule has 106 valence electrons. The molecule has 0 aromatic carbocycles. The number of hydrogen-bond acceptors (Lipinski definition) is 3. The average Bonchev–Trinajstić information content (AvgIpc) is 3.02. The van der Waals surface area contributed by atoms with Crippen LogP contribution < -0.4 is 5.32 Å². The molecule has 2 aliphatic heterocycles. The summed E-state index contributed by atoms with van der Waals surface area (Å²) in [5.41, 5.74) is 1.66. The first kappa shape index (κ1) is 13.1. The van der Waals surface area contributed by atoms with Gasteiger partial charge in [0.15, 0.2) is 0 Å². The fraction of sp³-hybridized carbons (Fsp3) is 0.800. The second-order valence-electron chi connectivity index (χ2n) is 6.64. The highest BCUT2D eigenvalue weighted by Gasteiger charge is 2.49. The molecule has 4 heteroatoms. The highest BCUT2D eigenvalue weighted by Crippen LogP contribution is 2.41. The van der Waals surface area contributed by atoms with Crippen LogP contribution in [0.3, 0.4) is 0 Å². The topological polar surface area (TPSA) is 33.1 Å². The average molecular weight is 262 g/mol. The Labute approximate surface area is 116 Å². The molecule has 0 radical (unpaired) electrons. The highest BCUT2D eigenvalue weighted by atomic mass is 15.3. The Bertz CT molecular complexity index is 437. The largest absolute Gasteiger partial charge is 0.333 e. The Morgan fingerprint density at radius 2 is 2.26 bits per heavy atom. The number of rotatable bonds is 4. The highest BCUT2D eigenvalue weighted by molar-refractivity contribution is 5.08. The van der Waals surface area contributed by atoms with E-state index in [4.69, 9.17) is 0 Å². The van der Waals surface area contributed by atoms with Crippen molar-refractivity contribution < 1.29 is 0 Å².